The molecule has 23 heavy (non-hydrogen) atoms. The molecule has 0 saturated carbocycles. The van der Waals surface area contributed by atoms with Crippen LogP contribution in [-0.4, -0.2) is 23.1 Å². The number of nitrogens with zero attached hydrogens (tertiary/aromatic N) is 3. The summed E-state index contributed by atoms with van der Waals surface area (Å²) in [7, 11) is 0. The molecular weight excluding hydrogens is 302 g/mol. The molecule has 4 heteroatoms. The van der Waals surface area contributed by atoms with Crippen molar-refractivity contribution in [3.05, 3.63) is 52.7 Å². The molecule has 0 N–H and O–H groups in total. The van der Waals surface area contributed by atoms with Crippen LogP contribution in [0.15, 0.2) is 36.4 Å². The van der Waals surface area contributed by atoms with Gasteiger partial charge in [-0.15, -0.1) is 11.3 Å². The second-order valence-corrected chi connectivity index (χ2v) is 6.70. The quantitative estimate of drug-likeness (QED) is 0.658. The summed E-state index contributed by atoms with van der Waals surface area (Å²) in [5, 5.41) is 1.20. The number of anilines is 1. The highest BCUT2D eigenvalue weighted by atomic mass is 32.1. The molecule has 0 unspecified atom stereocenters. The van der Waals surface area contributed by atoms with Gasteiger partial charge in [0.25, 0.3) is 0 Å². The van der Waals surface area contributed by atoms with Crippen LogP contribution >= 0.6 is 11.3 Å². The van der Waals surface area contributed by atoms with E-state index in [0.717, 1.165) is 42.4 Å². The van der Waals surface area contributed by atoms with Crippen LogP contribution in [0.25, 0.3) is 10.2 Å². The molecule has 0 radical (unpaired) electrons. The van der Waals surface area contributed by atoms with Gasteiger partial charge in [-0.25, -0.2) is 9.97 Å². The van der Waals surface area contributed by atoms with Crippen LogP contribution in [0.4, 0.5) is 5.82 Å². The molecule has 0 fully saturated rings. The zero-order chi connectivity index (χ0) is 16.2. The van der Waals surface area contributed by atoms with Crippen LogP contribution in [0, 0.1) is 0 Å². The number of benzene rings is 1. The van der Waals surface area contributed by atoms with Crippen molar-refractivity contribution in [2.45, 2.75) is 33.6 Å². The normalized spacial score (nSPS) is 11.1. The molecule has 0 amide bonds. The van der Waals surface area contributed by atoms with Crippen molar-refractivity contribution in [2.24, 2.45) is 0 Å². The molecule has 0 spiro atoms. The van der Waals surface area contributed by atoms with E-state index in [1.807, 2.05) is 6.07 Å². The van der Waals surface area contributed by atoms with E-state index < -0.39 is 0 Å². The minimum atomic E-state index is 0.782. The SMILES string of the molecule is CCc1cc2c(N(CC)CC)nc(Cc3ccccc3)nc2s1. The van der Waals surface area contributed by atoms with Gasteiger partial charge in [0, 0.05) is 24.4 Å². The highest BCUT2D eigenvalue weighted by molar-refractivity contribution is 7.18. The van der Waals surface area contributed by atoms with Gasteiger partial charge in [-0.2, -0.15) is 0 Å². The fraction of sp³-hybridized carbons (Fsp3) is 0.368. The van der Waals surface area contributed by atoms with Gasteiger partial charge in [-0.1, -0.05) is 37.3 Å². The van der Waals surface area contributed by atoms with Gasteiger partial charge in [0.1, 0.15) is 16.5 Å². The number of thiophene rings is 1. The summed E-state index contributed by atoms with van der Waals surface area (Å²) in [6.07, 6.45) is 1.83. The fourth-order valence-electron chi connectivity index (χ4n) is 2.80. The van der Waals surface area contributed by atoms with Gasteiger partial charge in [-0.3, -0.25) is 0 Å². The Morgan fingerprint density at radius 2 is 1.74 bits per heavy atom. The van der Waals surface area contributed by atoms with Crippen molar-refractivity contribution in [2.75, 3.05) is 18.0 Å². The highest BCUT2D eigenvalue weighted by Gasteiger charge is 2.15. The molecule has 0 aliphatic carbocycles. The summed E-state index contributed by atoms with van der Waals surface area (Å²) in [6.45, 7) is 8.48. The van der Waals surface area contributed by atoms with Crippen LogP contribution in [0.5, 0.6) is 0 Å². The fourth-order valence-corrected chi connectivity index (χ4v) is 3.78. The number of hydrogen-bond acceptors (Lipinski definition) is 4. The lowest BCUT2D eigenvalue weighted by Gasteiger charge is -2.21. The van der Waals surface area contributed by atoms with E-state index in [0.29, 0.717) is 0 Å². The number of aromatic nitrogens is 2. The minimum absolute atomic E-state index is 0.782. The standard InChI is InChI=1S/C19H23N3S/c1-4-15-13-16-18(22(5-2)6-3)20-17(21-19(16)23-15)12-14-10-8-7-9-11-14/h7-11,13H,4-6,12H2,1-3H3. The summed E-state index contributed by atoms with van der Waals surface area (Å²) in [6, 6.07) is 12.7. The van der Waals surface area contributed by atoms with Crippen molar-refractivity contribution in [3.63, 3.8) is 0 Å². The van der Waals surface area contributed by atoms with Gasteiger partial charge in [0.05, 0.1) is 5.39 Å². The lowest BCUT2D eigenvalue weighted by Crippen LogP contribution is -2.23. The second kappa shape index (κ2) is 7.09. The third-order valence-electron chi connectivity index (χ3n) is 4.09. The Bertz CT molecular complexity index is 776. The van der Waals surface area contributed by atoms with Crippen LogP contribution in [0.2, 0.25) is 0 Å². The van der Waals surface area contributed by atoms with E-state index in [1.165, 1.54) is 15.8 Å². The zero-order valence-electron chi connectivity index (χ0n) is 14.0. The molecule has 3 nitrogen and oxygen atoms in total. The Balaban J connectivity index is 2.08. The number of fused-ring (bicyclic) bond motifs is 1. The molecule has 2 aromatic heterocycles. The van der Waals surface area contributed by atoms with Crippen LogP contribution in [-0.2, 0) is 12.8 Å². The molecule has 3 rings (SSSR count). The molecule has 0 bridgehead atoms. The molecule has 2 heterocycles. The maximum absolute atomic E-state index is 4.91. The van der Waals surface area contributed by atoms with E-state index in [1.54, 1.807) is 11.3 Å². The average molecular weight is 325 g/mol. The minimum Gasteiger partial charge on any atom is -0.357 e. The first-order valence-corrected chi connectivity index (χ1v) is 9.15. The maximum Gasteiger partial charge on any atom is 0.141 e. The summed E-state index contributed by atoms with van der Waals surface area (Å²) in [5.74, 6) is 2.00. The Labute approximate surface area is 142 Å². The Morgan fingerprint density at radius 3 is 2.39 bits per heavy atom. The summed E-state index contributed by atoms with van der Waals surface area (Å²) >= 11 is 1.80. The van der Waals surface area contributed by atoms with Crippen LogP contribution in [0.3, 0.4) is 0 Å². The number of rotatable bonds is 6. The first-order valence-electron chi connectivity index (χ1n) is 8.33. The second-order valence-electron chi connectivity index (χ2n) is 5.58. The number of aryl methyl sites for hydroxylation is 1. The average Bonchev–Trinajstić information content (AvgIpc) is 3.00. The van der Waals surface area contributed by atoms with Gasteiger partial charge in [0.2, 0.25) is 0 Å². The summed E-state index contributed by atoms with van der Waals surface area (Å²) in [5.41, 5.74) is 1.25. The first kappa shape index (κ1) is 15.9. The largest absolute Gasteiger partial charge is 0.357 e. The van der Waals surface area contributed by atoms with E-state index in [-0.39, 0.29) is 0 Å². The van der Waals surface area contributed by atoms with E-state index in [2.05, 4.69) is 56.0 Å². The van der Waals surface area contributed by atoms with Crippen molar-refractivity contribution >= 4 is 27.4 Å². The molecule has 0 saturated heterocycles. The molecule has 120 valence electrons. The van der Waals surface area contributed by atoms with Crippen molar-refractivity contribution < 1.29 is 0 Å². The molecule has 0 aliphatic rings. The lowest BCUT2D eigenvalue weighted by molar-refractivity contribution is 0.837. The third-order valence-corrected chi connectivity index (χ3v) is 5.26. The lowest BCUT2D eigenvalue weighted by atomic mass is 10.1. The Hall–Kier alpha value is -1.94. The van der Waals surface area contributed by atoms with Gasteiger partial charge in [-0.05, 0) is 31.9 Å². The zero-order valence-corrected chi connectivity index (χ0v) is 14.9. The molecule has 1 aromatic carbocycles. The van der Waals surface area contributed by atoms with Crippen molar-refractivity contribution in [1.82, 2.24) is 9.97 Å². The summed E-state index contributed by atoms with van der Waals surface area (Å²) in [4.78, 5) is 14.6. The topological polar surface area (TPSA) is 29.0 Å². The van der Waals surface area contributed by atoms with E-state index in [9.17, 15) is 0 Å². The monoisotopic (exact) mass is 325 g/mol. The highest BCUT2D eigenvalue weighted by Crippen LogP contribution is 2.31. The number of hydrogen-bond donors (Lipinski definition) is 0. The third kappa shape index (κ3) is 3.37. The predicted molar refractivity (Wildman–Crippen MR) is 99.6 cm³/mol. The van der Waals surface area contributed by atoms with Gasteiger partial charge < -0.3 is 4.90 Å². The molecular formula is C19H23N3S. The van der Waals surface area contributed by atoms with Crippen LogP contribution < -0.4 is 4.90 Å². The van der Waals surface area contributed by atoms with E-state index >= 15 is 0 Å². The maximum atomic E-state index is 4.91. The predicted octanol–water partition coefficient (Wildman–Crippen LogP) is 4.69. The van der Waals surface area contributed by atoms with Gasteiger partial charge in [0.15, 0.2) is 0 Å². The summed E-state index contributed by atoms with van der Waals surface area (Å²) < 4.78 is 0. The Morgan fingerprint density at radius 1 is 1.00 bits per heavy atom. The molecule has 0 atom stereocenters. The van der Waals surface area contributed by atoms with Crippen molar-refractivity contribution in [3.8, 4) is 0 Å². The van der Waals surface area contributed by atoms with Crippen LogP contribution in [0.1, 0.15) is 37.0 Å². The molecule has 3 aromatic rings. The van der Waals surface area contributed by atoms with Crippen molar-refractivity contribution in [1.29, 1.82) is 0 Å². The van der Waals surface area contributed by atoms with E-state index in [4.69, 9.17) is 9.97 Å². The van der Waals surface area contributed by atoms with Gasteiger partial charge >= 0.3 is 0 Å². The molecule has 0 aliphatic heterocycles. The smallest absolute Gasteiger partial charge is 0.141 e. The first-order chi connectivity index (χ1) is 11.2. The Kier molecular flexibility index (Phi) is 4.91.